The maximum absolute atomic E-state index is 13.5. The molecule has 8 nitrogen and oxygen atoms in total. The van der Waals surface area contributed by atoms with Gasteiger partial charge in [-0.05, 0) is 43.3 Å². The SMILES string of the molecule is COCCN(CC(=O)Nc1nc(-c2ccccc2)cn1-c1ccc(F)cc1)S(=O)(=O)c1ccc(C)cc1. The van der Waals surface area contributed by atoms with Crippen LogP contribution in [0.4, 0.5) is 10.3 Å². The van der Waals surface area contributed by atoms with E-state index in [2.05, 4.69) is 10.3 Å². The van der Waals surface area contributed by atoms with Crippen molar-refractivity contribution in [1.82, 2.24) is 13.9 Å². The number of hydrogen-bond donors (Lipinski definition) is 1. The fraction of sp³-hybridized carbons (Fsp3) is 0.185. The molecule has 0 saturated heterocycles. The summed E-state index contributed by atoms with van der Waals surface area (Å²) in [5.41, 5.74) is 2.91. The van der Waals surface area contributed by atoms with Crippen LogP contribution < -0.4 is 5.32 Å². The number of aromatic nitrogens is 2. The standard InChI is InChI=1S/C27H27FN4O4S/c1-20-8-14-24(15-9-20)37(34,35)31(16-17-36-2)19-26(33)30-27-29-25(21-6-4-3-5-7-21)18-32(27)23-12-10-22(28)11-13-23/h3-15,18H,16-17,19H2,1-2H3,(H,29,30,33). The number of nitrogens with one attached hydrogen (secondary N) is 1. The highest BCUT2D eigenvalue weighted by atomic mass is 32.2. The second-order valence-corrected chi connectivity index (χ2v) is 10.3. The quantitative estimate of drug-likeness (QED) is 0.336. The van der Waals surface area contributed by atoms with Crippen molar-refractivity contribution >= 4 is 21.9 Å². The molecule has 3 aromatic carbocycles. The molecular formula is C27H27FN4O4S. The van der Waals surface area contributed by atoms with E-state index in [9.17, 15) is 17.6 Å². The molecule has 0 unspecified atom stereocenters. The molecule has 0 spiro atoms. The number of carbonyl (C=O) groups is 1. The Kier molecular flexibility index (Phi) is 8.12. The predicted octanol–water partition coefficient (Wildman–Crippen LogP) is 4.26. The Morgan fingerprint density at radius 2 is 1.70 bits per heavy atom. The lowest BCUT2D eigenvalue weighted by atomic mass is 10.2. The molecule has 1 aromatic heterocycles. The number of hydrogen-bond acceptors (Lipinski definition) is 5. The highest BCUT2D eigenvalue weighted by molar-refractivity contribution is 7.89. The Hall–Kier alpha value is -3.86. The van der Waals surface area contributed by atoms with E-state index in [0.29, 0.717) is 11.4 Å². The fourth-order valence-electron chi connectivity index (χ4n) is 3.68. The Balaban J connectivity index is 1.63. The molecule has 1 heterocycles. The second kappa shape index (κ2) is 11.5. The van der Waals surface area contributed by atoms with E-state index in [1.165, 1.54) is 31.4 Å². The number of halogens is 1. The number of aryl methyl sites for hydroxylation is 1. The van der Waals surface area contributed by atoms with E-state index in [-0.39, 0.29) is 24.0 Å². The molecule has 10 heteroatoms. The number of ether oxygens (including phenoxy) is 1. The Morgan fingerprint density at radius 1 is 1.03 bits per heavy atom. The zero-order chi connectivity index (χ0) is 26.4. The molecule has 0 radical (unpaired) electrons. The first-order valence-corrected chi connectivity index (χ1v) is 13.0. The lowest BCUT2D eigenvalue weighted by Gasteiger charge is -2.21. The normalized spacial score (nSPS) is 11.6. The Bertz CT molecular complexity index is 1450. The second-order valence-electron chi connectivity index (χ2n) is 8.35. The smallest absolute Gasteiger partial charge is 0.243 e. The topological polar surface area (TPSA) is 93.5 Å². The zero-order valence-electron chi connectivity index (χ0n) is 20.5. The minimum absolute atomic E-state index is 0.0121. The Labute approximate surface area is 215 Å². The monoisotopic (exact) mass is 522 g/mol. The van der Waals surface area contributed by atoms with Crippen molar-refractivity contribution in [2.75, 3.05) is 32.1 Å². The maximum atomic E-state index is 13.5. The number of benzene rings is 3. The molecule has 0 aliphatic heterocycles. The molecule has 4 aromatic rings. The van der Waals surface area contributed by atoms with Gasteiger partial charge in [-0.15, -0.1) is 0 Å². The van der Waals surface area contributed by atoms with Gasteiger partial charge in [-0.2, -0.15) is 4.31 Å². The van der Waals surface area contributed by atoms with Crippen LogP contribution in [0.3, 0.4) is 0 Å². The third kappa shape index (κ3) is 6.29. The summed E-state index contributed by atoms with van der Waals surface area (Å²) >= 11 is 0. The minimum atomic E-state index is -3.96. The van der Waals surface area contributed by atoms with Gasteiger partial charge in [0.05, 0.1) is 23.7 Å². The summed E-state index contributed by atoms with van der Waals surface area (Å²) in [5, 5.41) is 2.73. The maximum Gasteiger partial charge on any atom is 0.243 e. The average molecular weight is 523 g/mol. The van der Waals surface area contributed by atoms with Gasteiger partial charge in [0, 0.05) is 31.1 Å². The number of carbonyl (C=O) groups excluding carboxylic acids is 1. The molecule has 0 aliphatic carbocycles. The van der Waals surface area contributed by atoms with Crippen molar-refractivity contribution in [3.05, 3.63) is 96.4 Å². The van der Waals surface area contributed by atoms with Gasteiger partial charge in [0.2, 0.25) is 21.9 Å². The van der Waals surface area contributed by atoms with Crippen LogP contribution in [0, 0.1) is 12.7 Å². The molecule has 0 fully saturated rings. The highest BCUT2D eigenvalue weighted by Crippen LogP contribution is 2.25. The van der Waals surface area contributed by atoms with Gasteiger partial charge < -0.3 is 4.74 Å². The molecule has 0 saturated carbocycles. The molecular weight excluding hydrogens is 495 g/mol. The fourth-order valence-corrected chi connectivity index (χ4v) is 5.06. The van der Waals surface area contributed by atoms with Gasteiger partial charge in [-0.25, -0.2) is 17.8 Å². The van der Waals surface area contributed by atoms with Crippen LogP contribution in [0.1, 0.15) is 5.56 Å². The number of nitrogens with zero attached hydrogens (tertiary/aromatic N) is 3. The van der Waals surface area contributed by atoms with Crippen LogP contribution >= 0.6 is 0 Å². The van der Waals surface area contributed by atoms with Crippen molar-refractivity contribution in [1.29, 1.82) is 0 Å². The van der Waals surface area contributed by atoms with Crippen LogP contribution in [-0.2, 0) is 19.6 Å². The van der Waals surface area contributed by atoms with Crippen LogP contribution in [-0.4, -0.2) is 55.0 Å². The molecule has 37 heavy (non-hydrogen) atoms. The van der Waals surface area contributed by atoms with Crippen molar-refractivity contribution in [2.45, 2.75) is 11.8 Å². The Morgan fingerprint density at radius 3 is 2.35 bits per heavy atom. The van der Waals surface area contributed by atoms with E-state index in [1.807, 2.05) is 37.3 Å². The van der Waals surface area contributed by atoms with Gasteiger partial charge >= 0.3 is 0 Å². The first kappa shape index (κ1) is 26.2. The molecule has 4 rings (SSSR count). The van der Waals surface area contributed by atoms with E-state index >= 15 is 0 Å². The number of methoxy groups -OCH3 is 1. The summed E-state index contributed by atoms with van der Waals surface area (Å²) in [6.07, 6.45) is 1.73. The van der Waals surface area contributed by atoms with Gasteiger partial charge in [0.25, 0.3) is 0 Å². The van der Waals surface area contributed by atoms with Gasteiger partial charge in [0.15, 0.2) is 0 Å². The number of rotatable bonds is 10. The van der Waals surface area contributed by atoms with Crippen molar-refractivity contribution in [3.63, 3.8) is 0 Å². The van der Waals surface area contributed by atoms with Gasteiger partial charge in [-0.3, -0.25) is 14.7 Å². The third-order valence-electron chi connectivity index (χ3n) is 5.66. The van der Waals surface area contributed by atoms with E-state index in [0.717, 1.165) is 15.4 Å². The average Bonchev–Trinajstić information content (AvgIpc) is 3.31. The van der Waals surface area contributed by atoms with Crippen molar-refractivity contribution in [3.8, 4) is 16.9 Å². The molecule has 1 N–H and O–H groups in total. The van der Waals surface area contributed by atoms with E-state index < -0.39 is 28.3 Å². The van der Waals surface area contributed by atoms with Crippen LogP contribution in [0.15, 0.2) is 90.0 Å². The largest absolute Gasteiger partial charge is 0.383 e. The molecule has 1 amide bonds. The lowest BCUT2D eigenvalue weighted by molar-refractivity contribution is -0.116. The number of anilines is 1. The number of sulfonamides is 1. The molecule has 0 aliphatic rings. The lowest BCUT2D eigenvalue weighted by Crippen LogP contribution is -2.40. The zero-order valence-corrected chi connectivity index (χ0v) is 21.3. The predicted molar refractivity (Wildman–Crippen MR) is 139 cm³/mol. The molecule has 0 atom stereocenters. The first-order valence-electron chi connectivity index (χ1n) is 11.5. The summed E-state index contributed by atoms with van der Waals surface area (Å²) in [7, 11) is -2.50. The summed E-state index contributed by atoms with van der Waals surface area (Å²) in [4.78, 5) is 17.8. The molecule has 0 bridgehead atoms. The summed E-state index contributed by atoms with van der Waals surface area (Å²) in [5.74, 6) is -0.803. The summed E-state index contributed by atoms with van der Waals surface area (Å²) in [6.45, 7) is 1.51. The molecule has 192 valence electrons. The van der Waals surface area contributed by atoms with Crippen LogP contribution in [0.2, 0.25) is 0 Å². The van der Waals surface area contributed by atoms with Gasteiger partial charge in [-0.1, -0.05) is 48.0 Å². The number of imidazole rings is 1. The minimum Gasteiger partial charge on any atom is -0.383 e. The van der Waals surface area contributed by atoms with Crippen molar-refractivity contribution < 1.29 is 22.3 Å². The van der Waals surface area contributed by atoms with Crippen LogP contribution in [0.25, 0.3) is 16.9 Å². The third-order valence-corrected chi connectivity index (χ3v) is 7.51. The van der Waals surface area contributed by atoms with E-state index in [4.69, 9.17) is 4.74 Å². The first-order chi connectivity index (χ1) is 17.8. The summed E-state index contributed by atoms with van der Waals surface area (Å²) < 4.78 is 47.9. The van der Waals surface area contributed by atoms with Gasteiger partial charge in [0.1, 0.15) is 5.82 Å². The summed E-state index contributed by atoms with van der Waals surface area (Å²) in [6, 6.07) is 21.5. The highest BCUT2D eigenvalue weighted by Gasteiger charge is 2.27. The van der Waals surface area contributed by atoms with Crippen molar-refractivity contribution in [2.24, 2.45) is 0 Å². The van der Waals surface area contributed by atoms with E-state index in [1.54, 1.807) is 35.0 Å². The number of amides is 1. The van der Waals surface area contributed by atoms with Crippen LogP contribution in [0.5, 0.6) is 0 Å².